The van der Waals surface area contributed by atoms with Crippen LogP contribution < -0.4 is 15.5 Å². The summed E-state index contributed by atoms with van der Waals surface area (Å²) in [6, 6.07) is 5.59. The van der Waals surface area contributed by atoms with E-state index >= 15 is 0 Å². The number of aromatic nitrogens is 5. The number of nitrogens with zero attached hydrogens (tertiary/aromatic N) is 6. The highest BCUT2D eigenvalue weighted by Gasteiger charge is 2.16. The normalized spacial score (nSPS) is 14.7. The van der Waals surface area contributed by atoms with Gasteiger partial charge >= 0.3 is 0 Å². The number of hydrogen-bond donors (Lipinski definition) is 2. The van der Waals surface area contributed by atoms with E-state index in [0.717, 1.165) is 48.0 Å². The van der Waals surface area contributed by atoms with Crippen LogP contribution in [0.25, 0.3) is 21.8 Å². The first-order valence-electron chi connectivity index (χ1n) is 10.1. The Labute approximate surface area is 173 Å². The summed E-state index contributed by atoms with van der Waals surface area (Å²) in [5, 5.41) is 12.7. The molecule has 0 saturated carbocycles. The highest BCUT2D eigenvalue weighted by molar-refractivity contribution is 6.03. The van der Waals surface area contributed by atoms with Gasteiger partial charge < -0.3 is 15.5 Å². The molecule has 0 aliphatic carbocycles. The van der Waals surface area contributed by atoms with E-state index in [1.165, 1.54) is 6.07 Å². The van der Waals surface area contributed by atoms with Gasteiger partial charge in [0.15, 0.2) is 5.82 Å². The van der Waals surface area contributed by atoms with Crippen molar-refractivity contribution in [2.24, 2.45) is 0 Å². The first kappa shape index (κ1) is 18.7. The summed E-state index contributed by atoms with van der Waals surface area (Å²) in [6.45, 7) is 7.37. The predicted molar refractivity (Wildman–Crippen MR) is 116 cm³/mol. The summed E-state index contributed by atoms with van der Waals surface area (Å²) in [5.41, 5.74) is 2.28. The van der Waals surface area contributed by atoms with Crippen molar-refractivity contribution in [3.63, 3.8) is 0 Å². The van der Waals surface area contributed by atoms with Gasteiger partial charge in [0.2, 0.25) is 5.95 Å². The molecule has 0 radical (unpaired) electrons. The number of benzene rings is 1. The maximum Gasteiger partial charge on any atom is 0.228 e. The molecule has 3 aromatic heterocycles. The van der Waals surface area contributed by atoms with Gasteiger partial charge in [0.25, 0.3) is 0 Å². The lowest BCUT2D eigenvalue weighted by Gasteiger charge is -2.29. The smallest absolute Gasteiger partial charge is 0.228 e. The quantitative estimate of drug-likeness (QED) is 0.538. The molecular weight excluding hydrogens is 383 g/mol. The summed E-state index contributed by atoms with van der Waals surface area (Å²) in [5.74, 6) is 0.430. The molecule has 8 nitrogen and oxygen atoms in total. The minimum Gasteiger partial charge on any atom is -0.365 e. The van der Waals surface area contributed by atoms with Crippen LogP contribution in [0.2, 0.25) is 0 Å². The molecule has 5 rings (SSSR count). The minimum atomic E-state index is -0.310. The lowest BCUT2D eigenvalue weighted by Crippen LogP contribution is -2.43. The fourth-order valence-electron chi connectivity index (χ4n) is 3.82. The minimum absolute atomic E-state index is 0.202. The van der Waals surface area contributed by atoms with Gasteiger partial charge in [-0.15, -0.1) is 0 Å². The number of anilines is 3. The van der Waals surface area contributed by atoms with Gasteiger partial charge in [-0.1, -0.05) is 12.1 Å². The number of pyridine rings is 1. The molecule has 1 aliphatic rings. The van der Waals surface area contributed by atoms with Crippen molar-refractivity contribution in [3.8, 4) is 0 Å². The van der Waals surface area contributed by atoms with Crippen LogP contribution >= 0.6 is 0 Å². The third-order valence-electron chi connectivity index (χ3n) is 5.33. The molecule has 0 atom stereocenters. The lowest BCUT2D eigenvalue weighted by atomic mass is 10.2. The predicted octanol–water partition coefficient (Wildman–Crippen LogP) is 3.25. The van der Waals surface area contributed by atoms with E-state index in [9.17, 15) is 4.39 Å². The van der Waals surface area contributed by atoms with Gasteiger partial charge in [-0.2, -0.15) is 5.10 Å². The zero-order valence-electron chi connectivity index (χ0n) is 16.9. The van der Waals surface area contributed by atoms with Crippen molar-refractivity contribution in [1.29, 1.82) is 0 Å². The van der Waals surface area contributed by atoms with Gasteiger partial charge in [-0.3, -0.25) is 4.68 Å². The van der Waals surface area contributed by atoms with Crippen molar-refractivity contribution in [2.45, 2.75) is 19.9 Å². The maximum absolute atomic E-state index is 14.7. The summed E-state index contributed by atoms with van der Waals surface area (Å²) in [4.78, 5) is 15.4. The fourth-order valence-corrected chi connectivity index (χ4v) is 3.82. The molecule has 1 fully saturated rings. The fraction of sp³-hybridized carbons (Fsp3) is 0.333. The van der Waals surface area contributed by atoms with Gasteiger partial charge in [0.05, 0.1) is 23.6 Å². The summed E-state index contributed by atoms with van der Waals surface area (Å²) < 4.78 is 16.7. The Morgan fingerprint density at radius 2 is 1.87 bits per heavy atom. The number of piperazine rings is 1. The average Bonchev–Trinajstić information content (AvgIpc) is 3.20. The standard InChI is InChI=1S/C21H23FN8/c1-13(2)30-20-15(11-26-30)4-3-14-10-25-21(28-19(14)20)27-18-9-16(22)17(12-24-18)29-7-5-23-6-8-29/h3-4,9-13,23H,5-8H2,1-2H3,(H,24,25,27,28). The number of nitrogens with one attached hydrogen (secondary N) is 2. The molecule has 0 amide bonds. The number of hydrogen-bond acceptors (Lipinski definition) is 7. The molecule has 1 aliphatic heterocycles. The molecule has 0 bridgehead atoms. The highest BCUT2D eigenvalue weighted by atomic mass is 19.1. The van der Waals surface area contributed by atoms with Crippen molar-refractivity contribution in [3.05, 3.63) is 42.6 Å². The van der Waals surface area contributed by atoms with E-state index in [-0.39, 0.29) is 11.9 Å². The topological polar surface area (TPSA) is 83.8 Å². The number of rotatable bonds is 4. The van der Waals surface area contributed by atoms with Crippen LogP contribution in [0.15, 0.2) is 36.8 Å². The second kappa shape index (κ2) is 7.49. The van der Waals surface area contributed by atoms with E-state index < -0.39 is 0 Å². The maximum atomic E-state index is 14.7. The molecule has 0 unspecified atom stereocenters. The van der Waals surface area contributed by atoms with Gasteiger partial charge in [0.1, 0.15) is 11.3 Å². The second-order valence-corrected chi connectivity index (χ2v) is 7.70. The molecule has 9 heteroatoms. The van der Waals surface area contributed by atoms with E-state index in [0.29, 0.717) is 17.5 Å². The largest absolute Gasteiger partial charge is 0.365 e. The Morgan fingerprint density at radius 3 is 2.63 bits per heavy atom. The molecule has 4 heterocycles. The molecule has 1 saturated heterocycles. The molecule has 30 heavy (non-hydrogen) atoms. The molecule has 4 aromatic rings. The van der Waals surface area contributed by atoms with Crippen molar-refractivity contribution >= 4 is 39.3 Å². The number of fused-ring (bicyclic) bond motifs is 3. The monoisotopic (exact) mass is 406 g/mol. The summed E-state index contributed by atoms with van der Waals surface area (Å²) in [7, 11) is 0. The molecule has 0 spiro atoms. The van der Waals surface area contributed by atoms with Crippen molar-refractivity contribution in [1.82, 2.24) is 30.0 Å². The SMILES string of the molecule is CC(C)n1ncc2ccc3cnc(Nc4cc(F)c(N5CCNCC5)cn4)nc3c21. The van der Waals surface area contributed by atoms with Crippen LogP contribution in [0, 0.1) is 5.82 Å². The Hall–Kier alpha value is -3.33. The average molecular weight is 406 g/mol. The molecule has 2 N–H and O–H groups in total. The second-order valence-electron chi connectivity index (χ2n) is 7.70. The van der Waals surface area contributed by atoms with Gasteiger partial charge in [0, 0.05) is 55.3 Å². The summed E-state index contributed by atoms with van der Waals surface area (Å²) >= 11 is 0. The Kier molecular flexibility index (Phi) is 4.66. The van der Waals surface area contributed by atoms with Crippen LogP contribution in [-0.2, 0) is 0 Å². The first-order valence-corrected chi connectivity index (χ1v) is 10.1. The Balaban J connectivity index is 1.48. The van der Waals surface area contributed by atoms with Crippen LogP contribution in [0.4, 0.5) is 21.8 Å². The number of halogens is 1. The molecular formula is C21H23FN8. The van der Waals surface area contributed by atoms with E-state index in [1.54, 1.807) is 12.4 Å². The van der Waals surface area contributed by atoms with Crippen LogP contribution in [0.1, 0.15) is 19.9 Å². The van der Waals surface area contributed by atoms with Crippen LogP contribution in [0.3, 0.4) is 0 Å². The highest BCUT2D eigenvalue weighted by Crippen LogP contribution is 2.27. The molecule has 154 valence electrons. The van der Waals surface area contributed by atoms with Gasteiger partial charge in [-0.25, -0.2) is 19.3 Å². The lowest BCUT2D eigenvalue weighted by molar-refractivity contribution is 0.552. The zero-order valence-corrected chi connectivity index (χ0v) is 16.9. The van der Waals surface area contributed by atoms with E-state index in [4.69, 9.17) is 4.98 Å². The Bertz CT molecular complexity index is 1210. The summed E-state index contributed by atoms with van der Waals surface area (Å²) in [6.07, 6.45) is 5.17. The van der Waals surface area contributed by atoms with E-state index in [1.807, 2.05) is 27.9 Å². The van der Waals surface area contributed by atoms with Crippen molar-refractivity contribution in [2.75, 3.05) is 36.4 Å². The zero-order chi connectivity index (χ0) is 20.7. The third-order valence-corrected chi connectivity index (χ3v) is 5.33. The molecule has 1 aromatic carbocycles. The van der Waals surface area contributed by atoms with Crippen LogP contribution in [0.5, 0.6) is 0 Å². The first-order chi connectivity index (χ1) is 14.6. The van der Waals surface area contributed by atoms with Crippen molar-refractivity contribution < 1.29 is 4.39 Å². The third kappa shape index (κ3) is 3.30. The van der Waals surface area contributed by atoms with Gasteiger partial charge in [-0.05, 0) is 13.8 Å². The van der Waals surface area contributed by atoms with Crippen LogP contribution in [-0.4, -0.2) is 50.9 Å². The van der Waals surface area contributed by atoms with E-state index in [2.05, 4.69) is 39.5 Å². The Morgan fingerprint density at radius 1 is 1.07 bits per heavy atom.